The Hall–Kier alpha value is -3.15. The van der Waals surface area contributed by atoms with Gasteiger partial charge < -0.3 is 14.8 Å². The van der Waals surface area contributed by atoms with E-state index >= 15 is 0 Å². The van der Waals surface area contributed by atoms with E-state index in [1.54, 1.807) is 12.1 Å². The van der Waals surface area contributed by atoms with Crippen LogP contribution in [0.4, 0.5) is 18.9 Å². The van der Waals surface area contributed by atoms with Crippen LogP contribution >= 0.6 is 0 Å². The molecule has 0 saturated carbocycles. The van der Waals surface area contributed by atoms with Gasteiger partial charge in [0.1, 0.15) is 17.2 Å². The second-order valence-electron chi connectivity index (χ2n) is 5.49. The molecular weight excluding hydrogens is 343 g/mol. The van der Waals surface area contributed by atoms with Crippen LogP contribution in [0, 0.1) is 0 Å². The number of alkyl halides is 3. The molecule has 0 bridgehead atoms. The van der Waals surface area contributed by atoms with E-state index in [2.05, 4.69) is 10.1 Å². The molecule has 26 heavy (non-hydrogen) atoms. The van der Waals surface area contributed by atoms with Gasteiger partial charge in [0.15, 0.2) is 0 Å². The van der Waals surface area contributed by atoms with E-state index in [1.807, 2.05) is 54.6 Å². The van der Waals surface area contributed by atoms with Crippen LogP contribution in [0.1, 0.15) is 5.56 Å². The van der Waals surface area contributed by atoms with Gasteiger partial charge in [-0.3, -0.25) is 0 Å². The van der Waals surface area contributed by atoms with Crippen molar-refractivity contribution in [3.8, 4) is 17.2 Å². The number of ether oxygens (including phenoxy) is 2. The molecule has 1 N–H and O–H groups in total. The number of nitrogens with one attached hydrogen (secondary N) is 1. The molecule has 0 aromatic heterocycles. The van der Waals surface area contributed by atoms with Crippen molar-refractivity contribution >= 4 is 5.69 Å². The standard InChI is InChI=1S/C20H16F3NO2/c21-20(22,23)26-18-11-9-15(10-12-18)14-24-16-5-4-8-19(13-16)25-17-6-2-1-3-7-17/h1-13,24H,14H2. The summed E-state index contributed by atoms with van der Waals surface area (Å²) in [5.74, 6) is 1.19. The molecule has 134 valence electrons. The van der Waals surface area contributed by atoms with Gasteiger partial charge >= 0.3 is 6.36 Å². The summed E-state index contributed by atoms with van der Waals surface area (Å²) in [5.41, 5.74) is 1.67. The van der Waals surface area contributed by atoms with Crippen molar-refractivity contribution in [3.05, 3.63) is 84.4 Å². The summed E-state index contributed by atoms with van der Waals surface area (Å²) in [6.45, 7) is 0.459. The molecule has 0 fully saturated rings. The van der Waals surface area contributed by atoms with Gasteiger partial charge in [-0.15, -0.1) is 13.2 Å². The van der Waals surface area contributed by atoms with Crippen LogP contribution in [0.25, 0.3) is 0 Å². The van der Waals surface area contributed by atoms with Gasteiger partial charge in [-0.2, -0.15) is 0 Å². The zero-order chi connectivity index (χ0) is 18.4. The van der Waals surface area contributed by atoms with E-state index in [0.29, 0.717) is 12.3 Å². The quantitative estimate of drug-likeness (QED) is 0.586. The maximum Gasteiger partial charge on any atom is 0.573 e. The summed E-state index contributed by atoms with van der Waals surface area (Å²) in [5, 5.41) is 3.21. The molecule has 0 aliphatic heterocycles. The van der Waals surface area contributed by atoms with Crippen LogP contribution < -0.4 is 14.8 Å². The highest BCUT2D eigenvalue weighted by atomic mass is 19.4. The number of hydrogen-bond donors (Lipinski definition) is 1. The maximum atomic E-state index is 12.2. The Bertz CT molecular complexity index is 834. The van der Waals surface area contributed by atoms with E-state index in [9.17, 15) is 13.2 Å². The summed E-state index contributed by atoms with van der Waals surface area (Å²) in [6.07, 6.45) is -4.68. The second kappa shape index (κ2) is 7.82. The number of rotatable bonds is 6. The topological polar surface area (TPSA) is 30.5 Å². The molecule has 0 heterocycles. The number of hydrogen-bond acceptors (Lipinski definition) is 3. The maximum absolute atomic E-state index is 12.2. The first kappa shape index (κ1) is 17.7. The van der Waals surface area contributed by atoms with Crippen molar-refractivity contribution < 1.29 is 22.6 Å². The van der Waals surface area contributed by atoms with Crippen molar-refractivity contribution in [3.63, 3.8) is 0 Å². The molecule has 0 amide bonds. The van der Waals surface area contributed by atoms with Gasteiger partial charge in [0.2, 0.25) is 0 Å². The fourth-order valence-corrected chi connectivity index (χ4v) is 2.31. The Kier molecular flexibility index (Phi) is 5.31. The summed E-state index contributed by atoms with van der Waals surface area (Å²) >= 11 is 0. The monoisotopic (exact) mass is 359 g/mol. The highest BCUT2D eigenvalue weighted by Crippen LogP contribution is 2.25. The molecular formula is C20H16F3NO2. The molecule has 3 aromatic rings. The Morgan fingerprint density at radius 1 is 0.731 bits per heavy atom. The zero-order valence-corrected chi connectivity index (χ0v) is 13.7. The number of halogens is 3. The molecule has 0 aliphatic rings. The van der Waals surface area contributed by atoms with Gasteiger partial charge in [0, 0.05) is 18.3 Å². The van der Waals surface area contributed by atoms with E-state index < -0.39 is 6.36 Å². The Morgan fingerprint density at radius 3 is 2.12 bits per heavy atom. The SMILES string of the molecule is FC(F)(F)Oc1ccc(CNc2cccc(Oc3ccccc3)c2)cc1. The normalized spacial score (nSPS) is 11.0. The third kappa shape index (κ3) is 5.44. The Morgan fingerprint density at radius 2 is 1.42 bits per heavy atom. The molecule has 6 heteroatoms. The zero-order valence-electron chi connectivity index (χ0n) is 13.7. The van der Waals surface area contributed by atoms with E-state index in [-0.39, 0.29) is 5.75 Å². The smallest absolute Gasteiger partial charge is 0.457 e. The lowest BCUT2D eigenvalue weighted by atomic mass is 10.2. The van der Waals surface area contributed by atoms with Gasteiger partial charge in [0.05, 0.1) is 0 Å². The molecule has 3 aromatic carbocycles. The largest absolute Gasteiger partial charge is 0.573 e. The van der Waals surface area contributed by atoms with Crippen molar-refractivity contribution in [2.45, 2.75) is 12.9 Å². The van der Waals surface area contributed by atoms with Crippen LogP contribution in [0.5, 0.6) is 17.2 Å². The third-order valence-corrected chi connectivity index (χ3v) is 3.47. The van der Waals surface area contributed by atoms with Crippen LogP contribution in [0.2, 0.25) is 0 Å². The Balaban J connectivity index is 1.58. The van der Waals surface area contributed by atoms with Crippen molar-refractivity contribution in [2.75, 3.05) is 5.32 Å². The molecule has 0 aliphatic carbocycles. The van der Waals surface area contributed by atoms with Crippen LogP contribution in [0.3, 0.4) is 0 Å². The first-order valence-electron chi connectivity index (χ1n) is 7.89. The number of para-hydroxylation sites is 1. The molecule has 0 atom stereocenters. The van der Waals surface area contributed by atoms with Crippen LogP contribution in [-0.2, 0) is 6.54 Å². The Labute approximate surface area is 149 Å². The minimum Gasteiger partial charge on any atom is -0.457 e. The van der Waals surface area contributed by atoms with Crippen molar-refractivity contribution in [1.29, 1.82) is 0 Å². The molecule has 0 unspecified atom stereocenters. The lowest BCUT2D eigenvalue weighted by molar-refractivity contribution is -0.274. The minimum absolute atomic E-state index is 0.237. The highest BCUT2D eigenvalue weighted by Gasteiger charge is 2.30. The summed E-state index contributed by atoms with van der Waals surface area (Å²) < 4.78 is 46.1. The fraction of sp³-hybridized carbons (Fsp3) is 0.100. The lowest BCUT2D eigenvalue weighted by Gasteiger charge is -2.11. The van der Waals surface area contributed by atoms with Crippen molar-refractivity contribution in [1.82, 2.24) is 0 Å². The van der Waals surface area contributed by atoms with Gasteiger partial charge in [-0.1, -0.05) is 36.4 Å². The summed E-state index contributed by atoms with van der Waals surface area (Å²) in [7, 11) is 0. The van der Waals surface area contributed by atoms with Gasteiger partial charge in [-0.25, -0.2) is 0 Å². The van der Waals surface area contributed by atoms with E-state index in [0.717, 1.165) is 17.0 Å². The first-order chi connectivity index (χ1) is 12.5. The van der Waals surface area contributed by atoms with Crippen molar-refractivity contribution in [2.24, 2.45) is 0 Å². The molecule has 0 saturated heterocycles. The third-order valence-electron chi connectivity index (χ3n) is 3.47. The van der Waals surface area contributed by atoms with E-state index in [1.165, 1.54) is 12.1 Å². The van der Waals surface area contributed by atoms with Crippen LogP contribution in [-0.4, -0.2) is 6.36 Å². The predicted octanol–water partition coefficient (Wildman–Crippen LogP) is 5.99. The number of anilines is 1. The predicted molar refractivity (Wildman–Crippen MR) is 93.4 cm³/mol. The average molecular weight is 359 g/mol. The highest BCUT2D eigenvalue weighted by molar-refractivity contribution is 5.49. The fourth-order valence-electron chi connectivity index (χ4n) is 2.31. The summed E-state index contributed by atoms with van der Waals surface area (Å²) in [6, 6.07) is 22.6. The van der Waals surface area contributed by atoms with Crippen LogP contribution in [0.15, 0.2) is 78.9 Å². The minimum atomic E-state index is -4.68. The molecule has 0 radical (unpaired) electrons. The molecule has 0 spiro atoms. The summed E-state index contributed by atoms with van der Waals surface area (Å²) in [4.78, 5) is 0. The molecule has 3 rings (SSSR count). The average Bonchev–Trinajstić information content (AvgIpc) is 2.61. The van der Waals surface area contributed by atoms with Gasteiger partial charge in [-0.05, 0) is 42.0 Å². The first-order valence-corrected chi connectivity index (χ1v) is 7.89. The number of benzene rings is 3. The lowest BCUT2D eigenvalue weighted by Crippen LogP contribution is -2.17. The molecule has 3 nitrogen and oxygen atoms in total. The second-order valence-corrected chi connectivity index (χ2v) is 5.49. The van der Waals surface area contributed by atoms with E-state index in [4.69, 9.17) is 4.74 Å². The van der Waals surface area contributed by atoms with Gasteiger partial charge in [0.25, 0.3) is 0 Å².